The number of hydrogen-bond acceptors (Lipinski definition) is 6. The molecule has 2 aromatic heterocycles. The monoisotopic (exact) mass is 424 g/mol. The van der Waals surface area contributed by atoms with E-state index in [0.717, 1.165) is 55.4 Å². The summed E-state index contributed by atoms with van der Waals surface area (Å²) in [7, 11) is 0. The molecule has 0 aliphatic carbocycles. The second kappa shape index (κ2) is 9.53. The fourth-order valence-electron chi connectivity index (χ4n) is 3.74. The molecule has 0 saturated carbocycles. The number of anilines is 1. The Bertz CT molecular complexity index is 982. The number of aliphatic hydroxyl groups is 1. The first-order chi connectivity index (χ1) is 15.0. The molecule has 1 aromatic carbocycles. The zero-order valence-electron chi connectivity index (χ0n) is 18.0. The van der Waals surface area contributed by atoms with E-state index in [9.17, 15) is 9.50 Å². The molecule has 0 bridgehead atoms. The third-order valence-electron chi connectivity index (χ3n) is 5.70. The lowest BCUT2D eigenvalue weighted by molar-refractivity contribution is 0.103. The van der Waals surface area contributed by atoms with Crippen LogP contribution in [-0.4, -0.2) is 62.0 Å². The van der Waals surface area contributed by atoms with E-state index in [1.807, 2.05) is 30.9 Å². The fourth-order valence-corrected chi connectivity index (χ4v) is 3.74. The van der Waals surface area contributed by atoms with Crippen molar-refractivity contribution in [3.8, 4) is 11.3 Å². The summed E-state index contributed by atoms with van der Waals surface area (Å²) in [5.41, 5.74) is 2.79. The average molecular weight is 425 g/mol. The smallest absolute Gasteiger partial charge is 0.155 e. The minimum atomic E-state index is -0.390. The SMILES string of the molecule is CC(C)[C@@H](O)Cn1cc(CN2CCN(c3nccnc3-c3ccc(F)cc3)CC2)cn1. The number of hydrogen-bond donors (Lipinski definition) is 1. The number of halogens is 1. The van der Waals surface area contributed by atoms with Gasteiger partial charge in [0.15, 0.2) is 5.82 Å². The van der Waals surface area contributed by atoms with Gasteiger partial charge in [0, 0.05) is 62.4 Å². The van der Waals surface area contributed by atoms with E-state index in [2.05, 4.69) is 24.9 Å². The summed E-state index contributed by atoms with van der Waals surface area (Å²) >= 11 is 0. The summed E-state index contributed by atoms with van der Waals surface area (Å²) in [5.74, 6) is 0.788. The minimum absolute atomic E-state index is 0.210. The van der Waals surface area contributed by atoms with Crippen molar-refractivity contribution in [2.45, 2.75) is 33.0 Å². The summed E-state index contributed by atoms with van der Waals surface area (Å²) in [6.45, 7) is 8.85. The van der Waals surface area contributed by atoms with E-state index in [1.54, 1.807) is 24.5 Å². The van der Waals surface area contributed by atoms with Gasteiger partial charge in [0.1, 0.15) is 11.5 Å². The van der Waals surface area contributed by atoms with Gasteiger partial charge in [0.05, 0.1) is 18.8 Å². The number of piperazine rings is 1. The Morgan fingerprint density at radius 3 is 2.45 bits per heavy atom. The zero-order valence-corrected chi connectivity index (χ0v) is 18.0. The van der Waals surface area contributed by atoms with Gasteiger partial charge in [0.2, 0.25) is 0 Å². The van der Waals surface area contributed by atoms with Crippen molar-refractivity contribution >= 4 is 5.82 Å². The highest BCUT2D eigenvalue weighted by molar-refractivity contribution is 5.72. The van der Waals surface area contributed by atoms with Crippen molar-refractivity contribution < 1.29 is 9.50 Å². The predicted molar refractivity (Wildman–Crippen MR) is 118 cm³/mol. The Labute approximate surface area is 182 Å². The van der Waals surface area contributed by atoms with Gasteiger partial charge in [-0.05, 0) is 30.2 Å². The zero-order chi connectivity index (χ0) is 21.8. The normalized spacial score (nSPS) is 16.1. The lowest BCUT2D eigenvalue weighted by Crippen LogP contribution is -2.46. The van der Waals surface area contributed by atoms with Gasteiger partial charge in [0.25, 0.3) is 0 Å². The molecule has 0 spiro atoms. The van der Waals surface area contributed by atoms with Gasteiger partial charge in [-0.2, -0.15) is 5.10 Å². The molecule has 1 fully saturated rings. The molecule has 7 nitrogen and oxygen atoms in total. The van der Waals surface area contributed by atoms with Crippen molar-refractivity contribution in [1.82, 2.24) is 24.6 Å². The maximum Gasteiger partial charge on any atom is 0.155 e. The van der Waals surface area contributed by atoms with Crippen LogP contribution in [0.15, 0.2) is 49.1 Å². The molecule has 1 N–H and O–H groups in total. The van der Waals surface area contributed by atoms with Crippen molar-refractivity contribution in [3.63, 3.8) is 0 Å². The third kappa shape index (κ3) is 5.26. The Hall–Kier alpha value is -2.84. The molecule has 0 radical (unpaired) electrons. The predicted octanol–water partition coefficient (Wildman–Crippen LogP) is 2.82. The number of rotatable bonds is 7. The quantitative estimate of drug-likeness (QED) is 0.629. The molecule has 1 saturated heterocycles. The van der Waals surface area contributed by atoms with E-state index in [0.29, 0.717) is 6.54 Å². The molecule has 4 rings (SSSR count). The van der Waals surface area contributed by atoms with Crippen LogP contribution in [0.25, 0.3) is 11.3 Å². The molecule has 31 heavy (non-hydrogen) atoms. The van der Waals surface area contributed by atoms with Crippen molar-refractivity contribution in [2.75, 3.05) is 31.1 Å². The number of benzene rings is 1. The van der Waals surface area contributed by atoms with Gasteiger partial charge < -0.3 is 10.0 Å². The maximum absolute atomic E-state index is 13.3. The van der Waals surface area contributed by atoms with Crippen LogP contribution in [-0.2, 0) is 13.1 Å². The first-order valence-electron chi connectivity index (χ1n) is 10.7. The van der Waals surface area contributed by atoms with Gasteiger partial charge in [-0.1, -0.05) is 13.8 Å². The Balaban J connectivity index is 1.37. The second-order valence-corrected chi connectivity index (χ2v) is 8.38. The molecular formula is C23H29FN6O. The molecule has 0 unspecified atom stereocenters. The lowest BCUT2D eigenvalue weighted by atomic mass is 10.1. The Morgan fingerprint density at radius 2 is 1.74 bits per heavy atom. The van der Waals surface area contributed by atoms with E-state index in [-0.39, 0.29) is 11.7 Å². The largest absolute Gasteiger partial charge is 0.391 e. The van der Waals surface area contributed by atoms with Crippen LogP contribution < -0.4 is 4.90 Å². The van der Waals surface area contributed by atoms with Crippen molar-refractivity contribution in [1.29, 1.82) is 0 Å². The van der Waals surface area contributed by atoms with Gasteiger partial charge in [-0.15, -0.1) is 0 Å². The van der Waals surface area contributed by atoms with Crippen LogP contribution in [0, 0.1) is 11.7 Å². The highest BCUT2D eigenvalue weighted by Gasteiger charge is 2.22. The third-order valence-corrected chi connectivity index (χ3v) is 5.70. The van der Waals surface area contributed by atoms with Crippen LogP contribution in [0.5, 0.6) is 0 Å². The average Bonchev–Trinajstić information content (AvgIpc) is 3.21. The van der Waals surface area contributed by atoms with Crippen LogP contribution in [0.4, 0.5) is 10.2 Å². The topological polar surface area (TPSA) is 70.3 Å². The molecule has 1 aliphatic heterocycles. The first kappa shape index (κ1) is 21.4. The first-order valence-corrected chi connectivity index (χ1v) is 10.7. The molecule has 0 amide bonds. The van der Waals surface area contributed by atoms with E-state index in [1.165, 1.54) is 12.1 Å². The van der Waals surface area contributed by atoms with Crippen LogP contribution in [0.3, 0.4) is 0 Å². The van der Waals surface area contributed by atoms with Gasteiger partial charge in [-0.3, -0.25) is 14.6 Å². The lowest BCUT2D eigenvalue weighted by Gasteiger charge is -2.35. The van der Waals surface area contributed by atoms with Crippen molar-refractivity contribution in [3.05, 3.63) is 60.4 Å². The van der Waals surface area contributed by atoms with E-state index < -0.39 is 6.10 Å². The molecule has 3 heterocycles. The molecule has 8 heteroatoms. The van der Waals surface area contributed by atoms with Crippen LogP contribution >= 0.6 is 0 Å². The summed E-state index contributed by atoms with van der Waals surface area (Å²) in [6, 6.07) is 6.39. The van der Waals surface area contributed by atoms with E-state index in [4.69, 9.17) is 0 Å². The number of aromatic nitrogens is 4. The summed E-state index contributed by atoms with van der Waals surface area (Å²) < 4.78 is 15.1. The number of aliphatic hydroxyl groups excluding tert-OH is 1. The maximum atomic E-state index is 13.3. The Morgan fingerprint density at radius 1 is 1.03 bits per heavy atom. The van der Waals surface area contributed by atoms with Crippen LogP contribution in [0.2, 0.25) is 0 Å². The molecular weight excluding hydrogens is 395 g/mol. The molecule has 1 atom stereocenters. The summed E-state index contributed by atoms with van der Waals surface area (Å²) in [6.07, 6.45) is 6.89. The highest BCUT2D eigenvalue weighted by atomic mass is 19.1. The van der Waals surface area contributed by atoms with Gasteiger partial charge >= 0.3 is 0 Å². The molecule has 164 valence electrons. The number of nitrogens with zero attached hydrogens (tertiary/aromatic N) is 6. The fraction of sp³-hybridized carbons (Fsp3) is 0.435. The molecule has 3 aromatic rings. The standard InChI is InChI=1S/C23H29FN6O/c1-17(2)21(31)16-30-15-18(13-27-30)14-28-9-11-29(12-10-28)23-22(25-7-8-26-23)19-3-5-20(24)6-4-19/h3-8,13,15,17,21,31H,9-12,14,16H2,1-2H3/t21-/m0/s1. The van der Waals surface area contributed by atoms with Gasteiger partial charge in [-0.25, -0.2) is 9.37 Å². The van der Waals surface area contributed by atoms with Crippen molar-refractivity contribution in [2.24, 2.45) is 5.92 Å². The highest BCUT2D eigenvalue weighted by Crippen LogP contribution is 2.27. The minimum Gasteiger partial charge on any atom is -0.391 e. The van der Waals surface area contributed by atoms with Crippen LogP contribution in [0.1, 0.15) is 19.4 Å². The Kier molecular flexibility index (Phi) is 6.58. The second-order valence-electron chi connectivity index (χ2n) is 8.38. The molecule has 1 aliphatic rings. The summed E-state index contributed by atoms with van der Waals surface area (Å²) in [5, 5.41) is 14.5. The summed E-state index contributed by atoms with van der Waals surface area (Å²) in [4.78, 5) is 13.7. The van der Waals surface area contributed by atoms with E-state index >= 15 is 0 Å².